The molecule has 8 aliphatic carbocycles. The first-order valence-corrected chi connectivity index (χ1v) is 10.6. The molecule has 8 aliphatic rings. The van der Waals surface area contributed by atoms with E-state index in [9.17, 15) is 0 Å². The van der Waals surface area contributed by atoms with Crippen LogP contribution in [0.5, 0.6) is 0 Å². The highest BCUT2D eigenvalue weighted by molar-refractivity contribution is 5.17. The molecule has 0 amide bonds. The predicted octanol–water partition coefficient (Wildman–Crippen LogP) is 5.09. The Morgan fingerprint density at radius 1 is 0.652 bits per heavy atom. The first kappa shape index (κ1) is 15.2. The van der Waals surface area contributed by atoms with Gasteiger partial charge in [-0.1, -0.05) is 13.8 Å². The molecule has 2 N–H and O–H groups in total. The number of hydrogen-bond donors (Lipinski definition) is 0. The Bertz CT molecular complexity index is 466. The summed E-state index contributed by atoms with van der Waals surface area (Å²) in [5.74, 6) is 8.91. The zero-order valence-electron chi connectivity index (χ0n) is 15.2. The number of hydrogen-bond acceptors (Lipinski definition) is 0. The lowest BCUT2D eigenvalue weighted by molar-refractivity contribution is -0.248. The van der Waals surface area contributed by atoms with Gasteiger partial charge < -0.3 is 5.48 Å². The minimum atomic E-state index is 0. The molecule has 8 fully saturated rings. The molecule has 23 heavy (non-hydrogen) atoms. The van der Waals surface area contributed by atoms with Gasteiger partial charge in [-0.3, -0.25) is 0 Å². The molecule has 8 bridgehead atoms. The summed E-state index contributed by atoms with van der Waals surface area (Å²) < 4.78 is 0. The van der Waals surface area contributed by atoms with Gasteiger partial charge in [0.15, 0.2) is 0 Å². The van der Waals surface area contributed by atoms with E-state index in [0.29, 0.717) is 0 Å². The molecule has 8 saturated carbocycles. The van der Waals surface area contributed by atoms with Crippen LogP contribution in [-0.2, 0) is 0 Å². The van der Waals surface area contributed by atoms with Crippen LogP contribution in [0.15, 0.2) is 0 Å². The third kappa shape index (κ3) is 1.64. The summed E-state index contributed by atoms with van der Waals surface area (Å²) in [5, 5.41) is 0. The van der Waals surface area contributed by atoms with Crippen LogP contribution < -0.4 is 0 Å². The molecule has 0 heterocycles. The highest BCUT2D eigenvalue weighted by Crippen LogP contribution is 2.76. The minimum absolute atomic E-state index is 0. The summed E-state index contributed by atoms with van der Waals surface area (Å²) in [6.45, 7) is 5.54. The highest BCUT2D eigenvalue weighted by Gasteiger charge is 2.68. The molecule has 3 atom stereocenters. The Morgan fingerprint density at radius 3 is 1.65 bits per heavy atom. The van der Waals surface area contributed by atoms with Crippen LogP contribution in [0.4, 0.5) is 0 Å². The summed E-state index contributed by atoms with van der Waals surface area (Å²) in [5.41, 5.74) is 1.50. The van der Waals surface area contributed by atoms with E-state index < -0.39 is 0 Å². The van der Waals surface area contributed by atoms with Gasteiger partial charge in [0.1, 0.15) is 0 Å². The highest BCUT2D eigenvalue weighted by atomic mass is 16.0. The van der Waals surface area contributed by atoms with Crippen LogP contribution in [0.2, 0.25) is 0 Å². The minimum Gasteiger partial charge on any atom is -0.412 e. The quantitative estimate of drug-likeness (QED) is 0.645. The van der Waals surface area contributed by atoms with Gasteiger partial charge >= 0.3 is 0 Å². The third-order valence-electron chi connectivity index (χ3n) is 10.7. The molecular weight excluding hydrogens is 280 g/mol. The van der Waals surface area contributed by atoms with Crippen molar-refractivity contribution < 1.29 is 5.48 Å². The average Bonchev–Trinajstić information content (AvgIpc) is 2.48. The summed E-state index contributed by atoms with van der Waals surface area (Å²) in [7, 11) is 0. The zero-order chi connectivity index (χ0) is 14.7. The van der Waals surface area contributed by atoms with E-state index in [-0.39, 0.29) is 5.48 Å². The Kier molecular flexibility index (Phi) is 3.02. The standard InChI is InChI=1S/C22H34.H2O/c1-13-18-5-16-4-17(6-18)12-22(13,11-16)21(2)19-7-14-3-15(9-19)10-20(21)8-14;/h13-20H,3-12H2,1-2H3;1H2. The lowest BCUT2D eigenvalue weighted by atomic mass is 9.31. The van der Waals surface area contributed by atoms with Crippen LogP contribution in [0.3, 0.4) is 0 Å². The molecule has 8 rings (SSSR count). The summed E-state index contributed by atoms with van der Waals surface area (Å²) in [6, 6.07) is 0. The SMILES string of the molecule is CC1C2CC3CC(C2)CC1(C1(C)C2CC4CC(C2)CC1C4)C3.O. The third-order valence-corrected chi connectivity index (χ3v) is 10.7. The second-order valence-corrected chi connectivity index (χ2v) is 11.1. The maximum atomic E-state index is 2.84. The second kappa shape index (κ2) is 4.57. The van der Waals surface area contributed by atoms with Crippen molar-refractivity contribution in [3.8, 4) is 0 Å². The van der Waals surface area contributed by atoms with Crippen molar-refractivity contribution in [1.29, 1.82) is 0 Å². The van der Waals surface area contributed by atoms with E-state index in [1.54, 1.807) is 64.2 Å². The average molecular weight is 317 g/mol. The fourth-order valence-electron chi connectivity index (χ4n) is 10.2. The molecule has 1 heteroatoms. The van der Waals surface area contributed by atoms with Gasteiger partial charge in [-0.15, -0.1) is 0 Å². The first-order chi connectivity index (χ1) is 10.6. The monoisotopic (exact) mass is 316 g/mol. The molecule has 130 valence electrons. The summed E-state index contributed by atoms with van der Waals surface area (Å²) >= 11 is 0. The zero-order valence-corrected chi connectivity index (χ0v) is 15.2. The maximum Gasteiger partial charge on any atom is -0.0205 e. The largest absolute Gasteiger partial charge is 0.412 e. The Hall–Kier alpha value is -0.0400. The molecule has 0 radical (unpaired) electrons. The maximum absolute atomic E-state index is 2.84. The molecule has 0 aliphatic heterocycles. The molecule has 1 nitrogen and oxygen atoms in total. The normalized spacial score (nSPS) is 65.0. The van der Waals surface area contributed by atoms with Crippen LogP contribution >= 0.6 is 0 Å². The molecule has 3 unspecified atom stereocenters. The molecule has 0 saturated heterocycles. The van der Waals surface area contributed by atoms with E-state index in [2.05, 4.69) is 13.8 Å². The molecule has 0 aromatic rings. The Balaban J connectivity index is 0.00000121. The van der Waals surface area contributed by atoms with E-state index >= 15 is 0 Å². The topological polar surface area (TPSA) is 31.5 Å². The van der Waals surface area contributed by atoms with Crippen molar-refractivity contribution in [2.24, 2.45) is 58.2 Å². The van der Waals surface area contributed by atoms with Crippen molar-refractivity contribution in [2.75, 3.05) is 0 Å². The first-order valence-electron chi connectivity index (χ1n) is 10.6. The van der Waals surface area contributed by atoms with Gasteiger partial charge in [0.25, 0.3) is 0 Å². The lowest BCUT2D eigenvalue weighted by Gasteiger charge is -2.74. The van der Waals surface area contributed by atoms with Crippen LogP contribution in [0.25, 0.3) is 0 Å². The van der Waals surface area contributed by atoms with Gasteiger partial charge in [-0.2, -0.15) is 0 Å². The molecular formula is C22H36O. The van der Waals surface area contributed by atoms with Crippen LogP contribution in [0.1, 0.15) is 78.1 Å². The lowest BCUT2D eigenvalue weighted by Crippen LogP contribution is -2.66. The molecule has 0 spiro atoms. The van der Waals surface area contributed by atoms with Gasteiger partial charge in [0, 0.05) is 0 Å². The van der Waals surface area contributed by atoms with E-state index in [4.69, 9.17) is 0 Å². The van der Waals surface area contributed by atoms with Crippen molar-refractivity contribution in [2.45, 2.75) is 78.1 Å². The van der Waals surface area contributed by atoms with Gasteiger partial charge in [-0.25, -0.2) is 0 Å². The van der Waals surface area contributed by atoms with E-state index in [1.165, 1.54) is 0 Å². The Labute approximate surface area is 142 Å². The van der Waals surface area contributed by atoms with Crippen molar-refractivity contribution in [3.05, 3.63) is 0 Å². The van der Waals surface area contributed by atoms with Gasteiger partial charge in [0.05, 0.1) is 0 Å². The number of rotatable bonds is 1. The van der Waals surface area contributed by atoms with Crippen LogP contribution in [-0.4, -0.2) is 5.48 Å². The predicted molar refractivity (Wildman–Crippen MR) is 93.9 cm³/mol. The van der Waals surface area contributed by atoms with E-state index in [0.717, 1.165) is 58.2 Å². The smallest absolute Gasteiger partial charge is 0.0205 e. The molecule has 0 aromatic heterocycles. The van der Waals surface area contributed by atoms with E-state index in [1.807, 2.05) is 0 Å². The fraction of sp³-hybridized carbons (Fsp3) is 1.00. The van der Waals surface area contributed by atoms with Crippen LogP contribution in [0, 0.1) is 58.2 Å². The molecule has 0 aromatic carbocycles. The second-order valence-electron chi connectivity index (χ2n) is 11.1. The van der Waals surface area contributed by atoms with Crippen molar-refractivity contribution >= 4 is 0 Å². The Morgan fingerprint density at radius 2 is 1.13 bits per heavy atom. The van der Waals surface area contributed by atoms with Crippen molar-refractivity contribution in [1.82, 2.24) is 0 Å². The summed E-state index contributed by atoms with van der Waals surface area (Å²) in [4.78, 5) is 0. The fourth-order valence-corrected chi connectivity index (χ4v) is 10.2. The summed E-state index contributed by atoms with van der Waals surface area (Å²) in [6.07, 6.45) is 16.2. The van der Waals surface area contributed by atoms with Gasteiger partial charge in [0.2, 0.25) is 0 Å². The van der Waals surface area contributed by atoms with Gasteiger partial charge in [-0.05, 0) is 122 Å². The van der Waals surface area contributed by atoms with Crippen molar-refractivity contribution in [3.63, 3.8) is 0 Å².